The fourth-order valence-corrected chi connectivity index (χ4v) is 2.50. The Morgan fingerprint density at radius 1 is 1.56 bits per heavy atom. The summed E-state index contributed by atoms with van der Waals surface area (Å²) >= 11 is 0. The first kappa shape index (κ1) is 13.7. The number of hydrogen-bond donors (Lipinski definition) is 2. The monoisotopic (exact) mass is 258 g/mol. The van der Waals surface area contributed by atoms with Crippen LogP contribution < -0.4 is 5.32 Å². The minimum atomic E-state index is -0.420. The topological polar surface area (TPSA) is 71.0 Å². The summed E-state index contributed by atoms with van der Waals surface area (Å²) in [7, 11) is 0. The van der Waals surface area contributed by atoms with E-state index in [0.717, 1.165) is 0 Å². The molecule has 6 nitrogen and oxygen atoms in total. The van der Waals surface area contributed by atoms with E-state index in [1.54, 1.807) is 4.90 Å². The summed E-state index contributed by atoms with van der Waals surface area (Å²) in [6.45, 7) is 6.55. The van der Waals surface area contributed by atoms with E-state index in [2.05, 4.69) is 5.32 Å². The van der Waals surface area contributed by atoms with Gasteiger partial charge in [0.1, 0.15) is 6.04 Å². The van der Waals surface area contributed by atoms with Crippen LogP contribution in [0.4, 0.5) is 0 Å². The summed E-state index contributed by atoms with van der Waals surface area (Å²) in [5, 5.41) is 12.4. The minimum absolute atomic E-state index is 0.0320. The van der Waals surface area contributed by atoms with Crippen LogP contribution in [-0.2, 0) is 14.3 Å². The summed E-state index contributed by atoms with van der Waals surface area (Å²) in [5.74, 6) is 0.0320. The van der Waals surface area contributed by atoms with Crippen molar-refractivity contribution in [1.29, 1.82) is 0 Å². The van der Waals surface area contributed by atoms with Gasteiger partial charge in [0.05, 0.1) is 31.5 Å². The molecule has 0 aliphatic carbocycles. The highest BCUT2D eigenvalue weighted by Crippen LogP contribution is 2.21. The number of aliphatic hydroxyl groups is 1. The van der Waals surface area contributed by atoms with Crippen LogP contribution in [-0.4, -0.2) is 73.1 Å². The standard InChI is InChI=1S/C12H22N2O4/c1-12(2)8-14(5-9(6-15)18-12)11(16)10-7-17-4-3-13-10/h9-10,13,15H,3-8H2,1-2H3. The number of hydrogen-bond acceptors (Lipinski definition) is 5. The van der Waals surface area contributed by atoms with Gasteiger partial charge >= 0.3 is 0 Å². The van der Waals surface area contributed by atoms with Crippen molar-refractivity contribution in [2.75, 3.05) is 39.5 Å². The van der Waals surface area contributed by atoms with Crippen molar-refractivity contribution in [2.45, 2.75) is 31.6 Å². The molecule has 0 aromatic rings. The third-order valence-electron chi connectivity index (χ3n) is 3.22. The first-order valence-corrected chi connectivity index (χ1v) is 6.40. The number of rotatable bonds is 2. The van der Waals surface area contributed by atoms with Crippen molar-refractivity contribution in [3.63, 3.8) is 0 Å². The third-order valence-corrected chi connectivity index (χ3v) is 3.22. The summed E-state index contributed by atoms with van der Waals surface area (Å²) in [4.78, 5) is 14.1. The first-order chi connectivity index (χ1) is 8.52. The molecule has 0 saturated carbocycles. The zero-order valence-electron chi connectivity index (χ0n) is 11.0. The van der Waals surface area contributed by atoms with Crippen LogP contribution in [0.2, 0.25) is 0 Å². The highest BCUT2D eigenvalue weighted by molar-refractivity contribution is 5.82. The molecule has 2 fully saturated rings. The second-order valence-electron chi connectivity index (χ2n) is 5.48. The zero-order chi connectivity index (χ0) is 13.2. The second-order valence-corrected chi connectivity index (χ2v) is 5.48. The zero-order valence-corrected chi connectivity index (χ0v) is 11.0. The number of carbonyl (C=O) groups excluding carboxylic acids is 1. The van der Waals surface area contributed by atoms with Crippen molar-refractivity contribution in [3.8, 4) is 0 Å². The van der Waals surface area contributed by atoms with Gasteiger partial charge in [0.25, 0.3) is 0 Å². The van der Waals surface area contributed by atoms with E-state index >= 15 is 0 Å². The Morgan fingerprint density at radius 3 is 2.94 bits per heavy atom. The second kappa shape index (κ2) is 5.52. The van der Waals surface area contributed by atoms with Crippen molar-refractivity contribution < 1.29 is 19.4 Å². The average molecular weight is 258 g/mol. The average Bonchev–Trinajstić information content (AvgIpc) is 2.37. The molecule has 2 saturated heterocycles. The maximum absolute atomic E-state index is 12.3. The fraction of sp³-hybridized carbons (Fsp3) is 0.917. The number of nitrogens with one attached hydrogen (secondary N) is 1. The van der Waals surface area contributed by atoms with Crippen molar-refractivity contribution in [3.05, 3.63) is 0 Å². The van der Waals surface area contributed by atoms with Gasteiger partial charge in [-0.2, -0.15) is 0 Å². The number of aliphatic hydroxyl groups excluding tert-OH is 1. The Hall–Kier alpha value is -0.690. The molecule has 0 radical (unpaired) electrons. The summed E-state index contributed by atoms with van der Waals surface area (Å²) < 4.78 is 11.0. The first-order valence-electron chi connectivity index (χ1n) is 6.40. The Labute approximate surface area is 107 Å². The maximum atomic E-state index is 12.3. The molecule has 0 aromatic heterocycles. The highest BCUT2D eigenvalue weighted by atomic mass is 16.5. The molecule has 18 heavy (non-hydrogen) atoms. The van der Waals surface area contributed by atoms with Gasteiger partial charge in [0, 0.05) is 19.6 Å². The normalized spacial score (nSPS) is 32.3. The van der Waals surface area contributed by atoms with Crippen molar-refractivity contribution >= 4 is 5.91 Å². The number of amides is 1. The molecule has 0 spiro atoms. The molecule has 2 aliphatic rings. The Bertz CT molecular complexity index is 302. The number of morpholine rings is 2. The molecule has 104 valence electrons. The lowest BCUT2D eigenvalue weighted by molar-refractivity contribution is -0.170. The summed E-state index contributed by atoms with van der Waals surface area (Å²) in [6.07, 6.45) is -0.304. The Morgan fingerprint density at radius 2 is 2.33 bits per heavy atom. The van der Waals surface area contributed by atoms with Gasteiger partial charge < -0.3 is 24.8 Å². The van der Waals surface area contributed by atoms with Crippen molar-refractivity contribution in [1.82, 2.24) is 10.2 Å². The lowest BCUT2D eigenvalue weighted by atomic mass is 10.0. The minimum Gasteiger partial charge on any atom is -0.394 e. The summed E-state index contributed by atoms with van der Waals surface area (Å²) in [5.41, 5.74) is -0.420. The van der Waals surface area contributed by atoms with Gasteiger partial charge in [-0.15, -0.1) is 0 Å². The van der Waals surface area contributed by atoms with Gasteiger partial charge in [-0.1, -0.05) is 0 Å². The van der Waals surface area contributed by atoms with Gasteiger partial charge in [-0.3, -0.25) is 4.79 Å². The smallest absolute Gasteiger partial charge is 0.242 e. The van der Waals surface area contributed by atoms with Crippen LogP contribution in [0.1, 0.15) is 13.8 Å². The van der Waals surface area contributed by atoms with Crippen LogP contribution >= 0.6 is 0 Å². The molecule has 6 heteroatoms. The lowest BCUT2D eigenvalue weighted by Gasteiger charge is -2.43. The molecule has 1 amide bonds. The molecule has 2 unspecified atom stereocenters. The number of nitrogens with zero attached hydrogens (tertiary/aromatic N) is 1. The molecule has 2 atom stereocenters. The van der Waals surface area contributed by atoms with E-state index < -0.39 is 5.60 Å². The predicted molar refractivity (Wildman–Crippen MR) is 65.2 cm³/mol. The number of carbonyl (C=O) groups is 1. The van der Waals surface area contributed by atoms with Crippen LogP contribution in [0.25, 0.3) is 0 Å². The van der Waals surface area contributed by atoms with Gasteiger partial charge in [0.15, 0.2) is 0 Å². The van der Waals surface area contributed by atoms with E-state index in [-0.39, 0.29) is 24.7 Å². The van der Waals surface area contributed by atoms with E-state index in [9.17, 15) is 9.90 Å². The van der Waals surface area contributed by atoms with Crippen LogP contribution in [0, 0.1) is 0 Å². The van der Waals surface area contributed by atoms with E-state index in [1.165, 1.54) is 0 Å². The Balaban J connectivity index is 1.99. The molecule has 0 aromatic carbocycles. The SMILES string of the molecule is CC1(C)CN(C(=O)C2COCCN2)CC(CO)O1. The number of ether oxygens (including phenoxy) is 2. The molecular formula is C12H22N2O4. The third kappa shape index (κ3) is 3.20. The fourth-order valence-electron chi connectivity index (χ4n) is 2.50. The van der Waals surface area contributed by atoms with Gasteiger partial charge in [0.2, 0.25) is 5.91 Å². The molecule has 2 rings (SSSR count). The Kier molecular flexibility index (Phi) is 4.21. The van der Waals surface area contributed by atoms with E-state index in [4.69, 9.17) is 9.47 Å². The summed E-state index contributed by atoms with van der Waals surface area (Å²) in [6, 6.07) is -0.271. The quantitative estimate of drug-likeness (QED) is 0.663. The van der Waals surface area contributed by atoms with E-state index in [1.807, 2.05) is 13.8 Å². The van der Waals surface area contributed by atoms with Crippen molar-refractivity contribution in [2.24, 2.45) is 0 Å². The molecule has 0 bridgehead atoms. The van der Waals surface area contributed by atoms with Crippen LogP contribution in [0.3, 0.4) is 0 Å². The highest BCUT2D eigenvalue weighted by Gasteiger charge is 2.37. The molecular weight excluding hydrogens is 236 g/mol. The largest absolute Gasteiger partial charge is 0.394 e. The molecule has 2 N–H and O–H groups in total. The van der Waals surface area contributed by atoms with E-state index in [0.29, 0.717) is 32.8 Å². The lowest BCUT2D eigenvalue weighted by Crippen LogP contribution is -2.60. The molecule has 2 heterocycles. The van der Waals surface area contributed by atoms with Crippen LogP contribution in [0.5, 0.6) is 0 Å². The van der Waals surface area contributed by atoms with Gasteiger partial charge in [-0.05, 0) is 13.8 Å². The maximum Gasteiger partial charge on any atom is 0.242 e. The van der Waals surface area contributed by atoms with Crippen LogP contribution in [0.15, 0.2) is 0 Å². The molecule has 2 aliphatic heterocycles. The van der Waals surface area contributed by atoms with Gasteiger partial charge in [-0.25, -0.2) is 0 Å². The predicted octanol–water partition coefficient (Wildman–Crippen LogP) is -1.03.